The maximum atomic E-state index is 10.3. The molecule has 5 heteroatoms. The first-order chi connectivity index (χ1) is 7.97. The summed E-state index contributed by atoms with van der Waals surface area (Å²) < 4.78 is 2.96. The van der Waals surface area contributed by atoms with Crippen LogP contribution in [0, 0.1) is 6.92 Å². The van der Waals surface area contributed by atoms with Crippen molar-refractivity contribution in [3.8, 4) is 0 Å². The standard InChI is InChI=1S/C12H9Br3OS/c1-6-2-7(4-8(13)3-6)11(16)10-5-9(14)12(15)17-10/h2-5,11,16H,1H3. The number of benzene rings is 1. The van der Waals surface area contributed by atoms with Crippen LogP contribution in [0.3, 0.4) is 0 Å². The summed E-state index contributed by atoms with van der Waals surface area (Å²) >= 11 is 11.8. The van der Waals surface area contributed by atoms with Crippen LogP contribution >= 0.6 is 59.1 Å². The van der Waals surface area contributed by atoms with Gasteiger partial charge in [0, 0.05) is 13.8 Å². The van der Waals surface area contributed by atoms with E-state index in [1.807, 2.05) is 31.2 Å². The molecule has 0 bridgehead atoms. The molecule has 1 aromatic heterocycles. The van der Waals surface area contributed by atoms with E-state index in [1.54, 1.807) is 0 Å². The molecule has 1 N–H and O–H groups in total. The highest BCUT2D eigenvalue weighted by molar-refractivity contribution is 9.13. The van der Waals surface area contributed by atoms with Crippen molar-refractivity contribution in [2.24, 2.45) is 0 Å². The summed E-state index contributed by atoms with van der Waals surface area (Å²) in [6.07, 6.45) is -0.584. The molecule has 0 radical (unpaired) electrons. The molecule has 0 saturated carbocycles. The van der Waals surface area contributed by atoms with E-state index in [2.05, 4.69) is 47.8 Å². The topological polar surface area (TPSA) is 20.2 Å². The van der Waals surface area contributed by atoms with Crippen molar-refractivity contribution in [2.45, 2.75) is 13.0 Å². The van der Waals surface area contributed by atoms with Crippen LogP contribution in [0.1, 0.15) is 22.1 Å². The van der Waals surface area contributed by atoms with Crippen LogP contribution in [0.25, 0.3) is 0 Å². The Morgan fingerprint density at radius 3 is 2.35 bits per heavy atom. The van der Waals surface area contributed by atoms with Crippen LogP contribution < -0.4 is 0 Å². The molecule has 1 heterocycles. The molecule has 17 heavy (non-hydrogen) atoms. The highest BCUT2D eigenvalue weighted by Gasteiger charge is 2.15. The number of aliphatic hydroxyl groups excluding tert-OH is 1. The van der Waals surface area contributed by atoms with Crippen molar-refractivity contribution in [1.82, 2.24) is 0 Å². The van der Waals surface area contributed by atoms with Gasteiger partial charge in [0.15, 0.2) is 0 Å². The van der Waals surface area contributed by atoms with Crippen LogP contribution in [-0.2, 0) is 0 Å². The summed E-state index contributed by atoms with van der Waals surface area (Å²) in [7, 11) is 0. The first-order valence-electron chi connectivity index (χ1n) is 4.87. The molecule has 0 aliphatic rings. The lowest BCUT2D eigenvalue weighted by Crippen LogP contribution is -1.97. The van der Waals surface area contributed by atoms with E-state index in [9.17, 15) is 5.11 Å². The average Bonchev–Trinajstić information content (AvgIpc) is 2.57. The Balaban J connectivity index is 2.39. The predicted molar refractivity (Wildman–Crippen MR) is 82.7 cm³/mol. The minimum Gasteiger partial charge on any atom is -0.383 e. The van der Waals surface area contributed by atoms with Gasteiger partial charge >= 0.3 is 0 Å². The van der Waals surface area contributed by atoms with Crippen LogP contribution in [0.2, 0.25) is 0 Å². The van der Waals surface area contributed by atoms with Gasteiger partial charge in [-0.1, -0.05) is 22.0 Å². The van der Waals surface area contributed by atoms with Gasteiger partial charge < -0.3 is 5.11 Å². The molecule has 0 spiro atoms. The summed E-state index contributed by atoms with van der Waals surface area (Å²) in [6, 6.07) is 7.91. The Labute approximate surface area is 129 Å². The highest BCUT2D eigenvalue weighted by Crippen LogP contribution is 2.38. The predicted octanol–water partition coefficient (Wildman–Crippen LogP) is 5.43. The molecule has 2 rings (SSSR count). The zero-order chi connectivity index (χ0) is 12.6. The maximum Gasteiger partial charge on any atom is 0.113 e. The summed E-state index contributed by atoms with van der Waals surface area (Å²) in [5.41, 5.74) is 2.03. The summed E-state index contributed by atoms with van der Waals surface area (Å²) in [5, 5.41) is 10.3. The quantitative estimate of drug-likeness (QED) is 0.660. The minimum atomic E-state index is -0.584. The molecule has 1 nitrogen and oxygen atoms in total. The van der Waals surface area contributed by atoms with E-state index in [0.717, 1.165) is 28.7 Å². The van der Waals surface area contributed by atoms with Crippen molar-refractivity contribution in [1.29, 1.82) is 0 Å². The zero-order valence-electron chi connectivity index (χ0n) is 8.88. The van der Waals surface area contributed by atoms with E-state index >= 15 is 0 Å². The third-order valence-electron chi connectivity index (χ3n) is 2.31. The maximum absolute atomic E-state index is 10.3. The van der Waals surface area contributed by atoms with Gasteiger partial charge in [0.05, 0.1) is 3.79 Å². The van der Waals surface area contributed by atoms with Crippen LogP contribution in [0.4, 0.5) is 0 Å². The van der Waals surface area contributed by atoms with Crippen molar-refractivity contribution >= 4 is 59.1 Å². The minimum absolute atomic E-state index is 0.584. The lowest BCUT2D eigenvalue weighted by atomic mass is 10.1. The molecular weight excluding hydrogens is 432 g/mol. The van der Waals surface area contributed by atoms with Gasteiger partial charge in [-0.25, -0.2) is 0 Å². The number of thiophene rings is 1. The van der Waals surface area contributed by atoms with Crippen molar-refractivity contribution in [2.75, 3.05) is 0 Å². The average molecular weight is 441 g/mol. The van der Waals surface area contributed by atoms with E-state index < -0.39 is 6.10 Å². The molecule has 0 fully saturated rings. The second kappa shape index (κ2) is 5.53. The Morgan fingerprint density at radius 1 is 1.12 bits per heavy atom. The molecule has 0 saturated heterocycles. The van der Waals surface area contributed by atoms with Crippen molar-refractivity contribution in [3.05, 3.63) is 53.0 Å². The number of rotatable bonds is 2. The number of hydrogen-bond donors (Lipinski definition) is 1. The lowest BCUT2D eigenvalue weighted by molar-refractivity contribution is 0.224. The van der Waals surface area contributed by atoms with E-state index in [0.29, 0.717) is 0 Å². The van der Waals surface area contributed by atoms with Crippen LogP contribution in [-0.4, -0.2) is 5.11 Å². The molecule has 2 aromatic rings. The van der Waals surface area contributed by atoms with Gasteiger partial charge in [-0.15, -0.1) is 11.3 Å². The van der Waals surface area contributed by atoms with Gasteiger partial charge in [-0.3, -0.25) is 0 Å². The lowest BCUT2D eigenvalue weighted by Gasteiger charge is -2.10. The van der Waals surface area contributed by atoms with Gasteiger partial charge in [-0.05, 0) is 68.1 Å². The van der Waals surface area contributed by atoms with E-state index in [4.69, 9.17) is 0 Å². The number of hydrogen-bond acceptors (Lipinski definition) is 2. The Hall–Kier alpha value is 0.320. The number of aryl methyl sites for hydroxylation is 1. The molecule has 90 valence electrons. The smallest absolute Gasteiger partial charge is 0.113 e. The number of aliphatic hydroxyl groups is 1. The Bertz CT molecular complexity index is 511. The second-order valence-electron chi connectivity index (χ2n) is 3.73. The Morgan fingerprint density at radius 2 is 1.82 bits per heavy atom. The third-order valence-corrected chi connectivity index (χ3v) is 6.08. The fourth-order valence-electron chi connectivity index (χ4n) is 1.58. The third kappa shape index (κ3) is 3.20. The fourth-order valence-corrected chi connectivity index (χ4v) is 4.31. The second-order valence-corrected chi connectivity index (χ2v) is 7.91. The summed E-state index contributed by atoms with van der Waals surface area (Å²) in [4.78, 5) is 0.918. The normalized spacial score (nSPS) is 12.8. The SMILES string of the molecule is Cc1cc(Br)cc(C(O)c2cc(Br)c(Br)s2)c1. The Kier molecular flexibility index (Phi) is 4.47. The summed E-state index contributed by atoms with van der Waals surface area (Å²) in [6.45, 7) is 2.02. The van der Waals surface area contributed by atoms with E-state index in [-0.39, 0.29) is 0 Å². The summed E-state index contributed by atoms with van der Waals surface area (Å²) in [5.74, 6) is 0. The first kappa shape index (κ1) is 13.7. The van der Waals surface area contributed by atoms with Crippen molar-refractivity contribution < 1.29 is 5.11 Å². The van der Waals surface area contributed by atoms with Crippen LogP contribution in [0.15, 0.2) is 37.0 Å². The zero-order valence-corrected chi connectivity index (χ0v) is 14.5. The molecule has 0 amide bonds. The first-order valence-corrected chi connectivity index (χ1v) is 8.07. The highest BCUT2D eigenvalue weighted by atomic mass is 79.9. The van der Waals surface area contributed by atoms with E-state index in [1.165, 1.54) is 11.3 Å². The van der Waals surface area contributed by atoms with Gasteiger partial charge in [-0.2, -0.15) is 0 Å². The molecule has 1 atom stereocenters. The molecule has 0 aliphatic carbocycles. The van der Waals surface area contributed by atoms with Gasteiger partial charge in [0.1, 0.15) is 6.10 Å². The number of halogens is 3. The van der Waals surface area contributed by atoms with Gasteiger partial charge in [0.25, 0.3) is 0 Å². The fraction of sp³-hybridized carbons (Fsp3) is 0.167. The molecule has 1 unspecified atom stereocenters. The largest absolute Gasteiger partial charge is 0.383 e. The molecule has 1 aromatic carbocycles. The molecule has 0 aliphatic heterocycles. The molecular formula is C12H9Br3OS. The van der Waals surface area contributed by atoms with Gasteiger partial charge in [0.2, 0.25) is 0 Å². The van der Waals surface area contributed by atoms with Crippen LogP contribution in [0.5, 0.6) is 0 Å². The monoisotopic (exact) mass is 438 g/mol. The van der Waals surface area contributed by atoms with Crippen molar-refractivity contribution in [3.63, 3.8) is 0 Å².